The molecule has 2 aromatic carbocycles. The number of primary amides is 1. The molecule has 9 nitrogen and oxygen atoms in total. The van der Waals surface area contributed by atoms with Crippen molar-refractivity contribution in [2.45, 2.75) is 6.18 Å². The number of aromatic nitrogens is 4. The molecular formula is C25H18F3N7O2. The lowest BCUT2D eigenvalue weighted by atomic mass is 10.0. The molecule has 0 radical (unpaired) electrons. The number of alkyl halides is 3. The number of rotatable bonds is 7. The van der Waals surface area contributed by atoms with Crippen LogP contribution in [0, 0.1) is 5.41 Å². The van der Waals surface area contributed by atoms with Crippen molar-refractivity contribution in [2.24, 2.45) is 5.73 Å². The molecule has 0 atom stereocenters. The van der Waals surface area contributed by atoms with Crippen molar-refractivity contribution in [3.8, 4) is 17.1 Å². The Bertz CT molecular complexity index is 1500. The first-order valence-corrected chi connectivity index (χ1v) is 10.7. The monoisotopic (exact) mass is 505 g/mol. The van der Waals surface area contributed by atoms with E-state index in [0.717, 1.165) is 30.4 Å². The first-order valence-electron chi connectivity index (χ1n) is 10.7. The third kappa shape index (κ3) is 5.75. The summed E-state index contributed by atoms with van der Waals surface area (Å²) in [7, 11) is 0. The van der Waals surface area contributed by atoms with E-state index in [9.17, 15) is 22.8 Å². The number of halogens is 3. The highest BCUT2D eigenvalue weighted by Crippen LogP contribution is 2.36. The van der Waals surface area contributed by atoms with E-state index in [1.54, 1.807) is 30.3 Å². The van der Waals surface area contributed by atoms with Gasteiger partial charge in [-0.2, -0.15) is 18.3 Å². The van der Waals surface area contributed by atoms with Crippen LogP contribution in [0.5, 0.6) is 0 Å². The summed E-state index contributed by atoms with van der Waals surface area (Å²) in [6, 6.07) is 14.4. The first kappa shape index (κ1) is 25.0. The number of allylic oxidation sites excluding steroid dienone is 1. The molecule has 0 fully saturated rings. The van der Waals surface area contributed by atoms with Crippen LogP contribution in [0.4, 0.5) is 19.0 Å². The summed E-state index contributed by atoms with van der Waals surface area (Å²) in [6.45, 7) is 0. The van der Waals surface area contributed by atoms with Gasteiger partial charge >= 0.3 is 6.18 Å². The number of nitrogens with zero attached hydrogens (tertiary/aromatic N) is 4. The second-order valence-corrected chi connectivity index (χ2v) is 7.60. The van der Waals surface area contributed by atoms with E-state index in [1.807, 2.05) is 0 Å². The van der Waals surface area contributed by atoms with E-state index in [-0.39, 0.29) is 34.2 Å². The summed E-state index contributed by atoms with van der Waals surface area (Å²) in [5.41, 5.74) is 4.17. The van der Waals surface area contributed by atoms with Crippen LogP contribution >= 0.6 is 0 Å². The molecule has 0 unspecified atom stereocenters. The van der Waals surface area contributed by atoms with Gasteiger partial charge in [0, 0.05) is 35.7 Å². The molecule has 0 aliphatic rings. The largest absolute Gasteiger partial charge is 0.417 e. The Morgan fingerprint density at radius 2 is 1.68 bits per heavy atom. The molecule has 0 spiro atoms. The zero-order valence-corrected chi connectivity index (χ0v) is 18.9. The molecule has 12 heteroatoms. The molecular weight excluding hydrogens is 487 g/mol. The highest BCUT2D eigenvalue weighted by Gasteiger charge is 2.35. The Kier molecular flexibility index (Phi) is 6.91. The lowest BCUT2D eigenvalue weighted by molar-refractivity contribution is -0.137. The number of carbonyl (C=O) groups is 2. The Morgan fingerprint density at radius 3 is 2.32 bits per heavy atom. The molecule has 0 aliphatic heterocycles. The smallest absolute Gasteiger partial charge is 0.366 e. The topological polar surface area (TPSA) is 140 Å². The molecule has 2 aromatic heterocycles. The molecule has 2 heterocycles. The summed E-state index contributed by atoms with van der Waals surface area (Å²) < 4.78 is 42.2. The van der Waals surface area contributed by atoms with Crippen LogP contribution in [0.2, 0.25) is 0 Å². The van der Waals surface area contributed by atoms with Crippen molar-refractivity contribution in [1.82, 2.24) is 19.7 Å². The van der Waals surface area contributed by atoms with Crippen LogP contribution in [0.3, 0.4) is 0 Å². The van der Waals surface area contributed by atoms with Crippen LogP contribution in [0.25, 0.3) is 17.1 Å². The van der Waals surface area contributed by atoms with Crippen molar-refractivity contribution in [2.75, 3.05) is 5.32 Å². The predicted octanol–water partition coefficient (Wildman–Crippen LogP) is 4.01. The van der Waals surface area contributed by atoms with E-state index in [2.05, 4.69) is 20.4 Å². The van der Waals surface area contributed by atoms with E-state index in [4.69, 9.17) is 11.1 Å². The number of para-hydroxylation sites is 1. The Hall–Kier alpha value is -5.13. The number of hydrogen-bond acceptors (Lipinski definition) is 6. The second-order valence-electron chi connectivity index (χ2n) is 7.60. The summed E-state index contributed by atoms with van der Waals surface area (Å²) in [5, 5.41) is 15.1. The van der Waals surface area contributed by atoms with Gasteiger partial charge in [-0.05, 0) is 42.5 Å². The maximum Gasteiger partial charge on any atom is 0.417 e. The van der Waals surface area contributed by atoms with Crippen molar-refractivity contribution < 1.29 is 22.8 Å². The van der Waals surface area contributed by atoms with E-state index in [0.29, 0.717) is 5.69 Å². The minimum Gasteiger partial charge on any atom is -0.366 e. The van der Waals surface area contributed by atoms with Crippen LogP contribution in [0.1, 0.15) is 21.6 Å². The van der Waals surface area contributed by atoms with Crippen LogP contribution in [0.15, 0.2) is 85.2 Å². The molecule has 0 bridgehead atoms. The van der Waals surface area contributed by atoms with Crippen LogP contribution < -0.4 is 11.1 Å². The number of carbonyl (C=O) groups excluding carboxylic acids is 2. The summed E-state index contributed by atoms with van der Waals surface area (Å²) in [6.07, 6.45) is 0.0713. The summed E-state index contributed by atoms with van der Waals surface area (Å²) >= 11 is 0. The molecule has 0 aliphatic carbocycles. The number of nitrogens with two attached hydrogens (primary N) is 1. The van der Waals surface area contributed by atoms with Gasteiger partial charge in [-0.15, -0.1) is 0 Å². The fraction of sp³-hybridized carbons (Fsp3) is 0.0400. The van der Waals surface area contributed by atoms with Gasteiger partial charge in [0.15, 0.2) is 5.82 Å². The highest BCUT2D eigenvalue weighted by molar-refractivity contribution is 6.09. The third-order valence-electron chi connectivity index (χ3n) is 5.04. The fourth-order valence-electron chi connectivity index (χ4n) is 3.36. The standard InChI is InChI=1S/C25H18F3N7O2/c26-25(27,28)18-8-7-15(13-17(18)23-31-11-4-12-32-23)24(37)33-22-14-20(19(29)9-10-21(30)36)34-35(22)16-5-2-1-3-6-16/h1-14,29H,(H2,30,36)(H,33,37)/b10-9-,29-19?. The summed E-state index contributed by atoms with van der Waals surface area (Å²) in [5.74, 6) is -1.52. The van der Waals surface area contributed by atoms with Crippen LogP contribution in [-0.4, -0.2) is 37.3 Å². The molecule has 2 amide bonds. The Balaban J connectivity index is 1.73. The summed E-state index contributed by atoms with van der Waals surface area (Å²) in [4.78, 5) is 31.9. The van der Waals surface area contributed by atoms with Gasteiger partial charge in [-0.3, -0.25) is 15.0 Å². The van der Waals surface area contributed by atoms with Gasteiger partial charge in [0.1, 0.15) is 11.5 Å². The van der Waals surface area contributed by atoms with Crippen molar-refractivity contribution in [3.63, 3.8) is 0 Å². The van der Waals surface area contributed by atoms with Gasteiger partial charge < -0.3 is 11.1 Å². The van der Waals surface area contributed by atoms with E-state index < -0.39 is 23.6 Å². The van der Waals surface area contributed by atoms with Gasteiger partial charge in [-0.25, -0.2) is 14.6 Å². The zero-order chi connectivity index (χ0) is 26.6. The SMILES string of the molecule is N=C(/C=C\C(N)=O)c1cc(NC(=O)c2ccc(C(F)(F)F)c(-c3ncccn3)c2)n(-c2ccccc2)n1. The van der Waals surface area contributed by atoms with Gasteiger partial charge in [0.2, 0.25) is 5.91 Å². The molecule has 37 heavy (non-hydrogen) atoms. The first-order chi connectivity index (χ1) is 17.6. The number of anilines is 1. The van der Waals surface area contributed by atoms with Crippen LogP contribution in [-0.2, 0) is 11.0 Å². The van der Waals surface area contributed by atoms with Gasteiger partial charge in [-0.1, -0.05) is 18.2 Å². The molecule has 186 valence electrons. The maximum atomic E-state index is 13.6. The van der Waals surface area contributed by atoms with E-state index >= 15 is 0 Å². The lowest BCUT2D eigenvalue weighted by Crippen LogP contribution is -2.16. The Morgan fingerprint density at radius 1 is 0.973 bits per heavy atom. The molecule has 0 saturated carbocycles. The average molecular weight is 505 g/mol. The predicted molar refractivity (Wildman–Crippen MR) is 129 cm³/mol. The highest BCUT2D eigenvalue weighted by atomic mass is 19.4. The molecule has 4 aromatic rings. The zero-order valence-electron chi connectivity index (χ0n) is 18.9. The number of amides is 2. The molecule has 4 rings (SSSR count). The Labute approximate surface area is 208 Å². The minimum atomic E-state index is -4.69. The normalized spacial score (nSPS) is 11.4. The lowest BCUT2D eigenvalue weighted by Gasteiger charge is -2.14. The third-order valence-corrected chi connectivity index (χ3v) is 5.04. The minimum absolute atomic E-state index is 0.0819. The maximum absolute atomic E-state index is 13.6. The molecule has 0 saturated heterocycles. The average Bonchev–Trinajstić information content (AvgIpc) is 3.31. The van der Waals surface area contributed by atoms with E-state index in [1.165, 1.54) is 29.2 Å². The van der Waals surface area contributed by atoms with Crippen molar-refractivity contribution >= 4 is 23.3 Å². The quantitative estimate of drug-likeness (QED) is 0.257. The fourth-order valence-corrected chi connectivity index (χ4v) is 3.36. The van der Waals surface area contributed by atoms with Crippen molar-refractivity contribution in [1.29, 1.82) is 5.41 Å². The van der Waals surface area contributed by atoms with Gasteiger partial charge in [0.25, 0.3) is 5.91 Å². The number of nitrogens with one attached hydrogen (secondary N) is 2. The number of hydrogen-bond donors (Lipinski definition) is 3. The molecule has 4 N–H and O–H groups in total. The second kappa shape index (κ2) is 10.2. The van der Waals surface area contributed by atoms with Crippen molar-refractivity contribution in [3.05, 3.63) is 102 Å². The van der Waals surface area contributed by atoms with Gasteiger partial charge in [0.05, 0.1) is 17.0 Å². The number of benzene rings is 2.